The lowest BCUT2D eigenvalue weighted by molar-refractivity contribution is -0.143. The van der Waals surface area contributed by atoms with E-state index in [0.29, 0.717) is 12.2 Å². The van der Waals surface area contributed by atoms with E-state index in [2.05, 4.69) is 6.58 Å². The Morgan fingerprint density at radius 2 is 1.75 bits per heavy atom. The Balaban J connectivity index is 1.88. The van der Waals surface area contributed by atoms with Gasteiger partial charge in [-0.2, -0.15) is 0 Å². The Labute approximate surface area is 144 Å². The van der Waals surface area contributed by atoms with Gasteiger partial charge in [0, 0.05) is 12.2 Å². The van der Waals surface area contributed by atoms with Crippen molar-refractivity contribution in [2.45, 2.75) is 38.7 Å². The first-order valence-electron chi connectivity index (χ1n) is 8.36. The molecule has 134 valence electrons. The minimum Gasteiger partial charge on any atom is -0.494 e. The van der Waals surface area contributed by atoms with E-state index in [9.17, 15) is 9.90 Å². The molecule has 0 bridgehead atoms. The lowest BCUT2D eigenvalue weighted by Gasteiger charge is -2.12. The number of ether oxygens (including phenoxy) is 3. The highest BCUT2D eigenvalue weighted by atomic mass is 16.5. The number of para-hydroxylation sites is 1. The smallest absolute Gasteiger partial charge is 0.333 e. The minimum absolute atomic E-state index is 0.0669. The summed E-state index contributed by atoms with van der Waals surface area (Å²) < 4.78 is 15.8. The van der Waals surface area contributed by atoms with Crippen molar-refractivity contribution in [1.29, 1.82) is 0 Å². The number of esters is 1. The summed E-state index contributed by atoms with van der Waals surface area (Å²) in [5.74, 6) is 0.411. The molecule has 1 aromatic rings. The van der Waals surface area contributed by atoms with Gasteiger partial charge in [-0.3, -0.25) is 0 Å². The van der Waals surface area contributed by atoms with E-state index in [1.165, 1.54) is 0 Å². The summed E-state index contributed by atoms with van der Waals surface area (Å²) in [6.07, 6.45) is 3.28. The van der Waals surface area contributed by atoms with Crippen LogP contribution in [-0.4, -0.2) is 43.6 Å². The first-order valence-corrected chi connectivity index (χ1v) is 8.36. The van der Waals surface area contributed by atoms with Crippen LogP contribution < -0.4 is 4.74 Å². The number of rotatable bonds is 13. The standard InChI is InChI=1S/C19H28O5/c1-16(2)19(21)24-15-17(20)14-22-12-8-3-4-9-13-23-18-10-6-5-7-11-18/h5-7,10-11,17,20H,1,3-4,8-9,12-15H2,2H3. The molecule has 5 nitrogen and oxygen atoms in total. The topological polar surface area (TPSA) is 65.0 Å². The second-order valence-electron chi connectivity index (χ2n) is 5.68. The maximum Gasteiger partial charge on any atom is 0.333 e. The number of carbonyl (C=O) groups is 1. The molecule has 1 atom stereocenters. The van der Waals surface area contributed by atoms with E-state index in [4.69, 9.17) is 14.2 Å². The quantitative estimate of drug-likeness (QED) is 0.341. The zero-order valence-electron chi connectivity index (χ0n) is 14.4. The average Bonchev–Trinajstić information content (AvgIpc) is 2.59. The molecule has 0 saturated heterocycles. The summed E-state index contributed by atoms with van der Waals surface area (Å²) in [5.41, 5.74) is 0.319. The van der Waals surface area contributed by atoms with Gasteiger partial charge < -0.3 is 19.3 Å². The largest absolute Gasteiger partial charge is 0.494 e. The number of carbonyl (C=O) groups excluding carboxylic acids is 1. The summed E-state index contributed by atoms with van der Waals surface area (Å²) in [4.78, 5) is 11.2. The molecule has 24 heavy (non-hydrogen) atoms. The zero-order chi connectivity index (χ0) is 17.6. The third kappa shape index (κ3) is 10.0. The van der Waals surface area contributed by atoms with Crippen molar-refractivity contribution in [3.05, 3.63) is 42.5 Å². The first-order chi connectivity index (χ1) is 11.6. The predicted molar refractivity (Wildman–Crippen MR) is 93.0 cm³/mol. The third-order valence-corrected chi connectivity index (χ3v) is 3.26. The molecule has 0 radical (unpaired) electrons. The first kappa shape index (κ1) is 20.2. The van der Waals surface area contributed by atoms with Crippen LogP contribution in [0.3, 0.4) is 0 Å². The maximum atomic E-state index is 11.2. The van der Waals surface area contributed by atoms with Gasteiger partial charge in [0.15, 0.2) is 0 Å². The van der Waals surface area contributed by atoms with Crippen LogP contribution in [0.15, 0.2) is 42.5 Å². The SMILES string of the molecule is C=C(C)C(=O)OCC(O)COCCCCCCOc1ccccc1. The molecule has 0 aliphatic heterocycles. The lowest BCUT2D eigenvalue weighted by Crippen LogP contribution is -2.24. The fourth-order valence-corrected chi connectivity index (χ4v) is 1.93. The number of benzene rings is 1. The molecule has 1 unspecified atom stereocenters. The molecule has 0 aliphatic rings. The van der Waals surface area contributed by atoms with Crippen LogP contribution in [0, 0.1) is 0 Å². The molecule has 0 aromatic heterocycles. The van der Waals surface area contributed by atoms with Crippen molar-refractivity contribution in [3.8, 4) is 5.75 Å². The maximum absolute atomic E-state index is 11.2. The molecule has 1 N–H and O–H groups in total. The minimum atomic E-state index is -0.799. The van der Waals surface area contributed by atoms with Gasteiger partial charge in [-0.25, -0.2) is 4.79 Å². The highest BCUT2D eigenvalue weighted by Crippen LogP contribution is 2.09. The fourth-order valence-electron chi connectivity index (χ4n) is 1.93. The Bertz CT molecular complexity index is 472. The highest BCUT2D eigenvalue weighted by Gasteiger charge is 2.09. The zero-order valence-corrected chi connectivity index (χ0v) is 14.4. The number of unbranched alkanes of at least 4 members (excludes halogenated alkanes) is 3. The number of hydrogen-bond donors (Lipinski definition) is 1. The summed E-state index contributed by atoms with van der Waals surface area (Å²) in [7, 11) is 0. The van der Waals surface area contributed by atoms with E-state index in [1.54, 1.807) is 6.92 Å². The fraction of sp³-hybridized carbons (Fsp3) is 0.526. The second kappa shape index (κ2) is 12.6. The van der Waals surface area contributed by atoms with Gasteiger partial charge in [0.25, 0.3) is 0 Å². The van der Waals surface area contributed by atoms with Crippen LogP contribution in [0.5, 0.6) is 5.75 Å². The van der Waals surface area contributed by atoms with Crippen LogP contribution in [0.2, 0.25) is 0 Å². The summed E-state index contributed by atoms with van der Waals surface area (Å²) in [6.45, 7) is 6.45. The van der Waals surface area contributed by atoms with Gasteiger partial charge in [-0.1, -0.05) is 31.2 Å². The monoisotopic (exact) mass is 336 g/mol. The molecule has 1 rings (SSSR count). The van der Waals surface area contributed by atoms with Crippen molar-refractivity contribution >= 4 is 5.97 Å². The van der Waals surface area contributed by atoms with Crippen molar-refractivity contribution in [3.63, 3.8) is 0 Å². The molecule has 1 aromatic carbocycles. The molecule has 5 heteroatoms. The van der Waals surface area contributed by atoms with Crippen LogP contribution in [0.25, 0.3) is 0 Å². The van der Waals surface area contributed by atoms with Crippen molar-refractivity contribution in [1.82, 2.24) is 0 Å². The Morgan fingerprint density at radius 1 is 1.08 bits per heavy atom. The lowest BCUT2D eigenvalue weighted by atomic mass is 10.2. The van der Waals surface area contributed by atoms with Crippen LogP contribution in [0.4, 0.5) is 0 Å². The van der Waals surface area contributed by atoms with E-state index in [-0.39, 0.29) is 13.2 Å². The molecule has 0 fully saturated rings. The molecule has 0 heterocycles. The molecule has 0 spiro atoms. The molecular weight excluding hydrogens is 308 g/mol. The summed E-state index contributed by atoms with van der Waals surface area (Å²) in [6, 6.07) is 9.79. The van der Waals surface area contributed by atoms with Gasteiger partial charge in [0.1, 0.15) is 18.5 Å². The Kier molecular flexibility index (Phi) is 10.6. The van der Waals surface area contributed by atoms with Crippen LogP contribution >= 0.6 is 0 Å². The summed E-state index contributed by atoms with van der Waals surface area (Å²) in [5, 5.41) is 9.61. The molecular formula is C19H28O5. The number of aliphatic hydroxyl groups is 1. The summed E-state index contributed by atoms with van der Waals surface area (Å²) >= 11 is 0. The number of aliphatic hydroxyl groups excluding tert-OH is 1. The van der Waals surface area contributed by atoms with E-state index >= 15 is 0 Å². The molecule has 0 aliphatic carbocycles. The van der Waals surface area contributed by atoms with Crippen LogP contribution in [-0.2, 0) is 14.3 Å². The van der Waals surface area contributed by atoms with Crippen molar-refractivity contribution in [2.24, 2.45) is 0 Å². The van der Waals surface area contributed by atoms with E-state index in [1.807, 2.05) is 30.3 Å². The second-order valence-corrected chi connectivity index (χ2v) is 5.68. The van der Waals surface area contributed by atoms with Gasteiger partial charge in [-0.05, 0) is 38.3 Å². The molecule has 0 amide bonds. The highest BCUT2D eigenvalue weighted by molar-refractivity contribution is 5.86. The van der Waals surface area contributed by atoms with Crippen LogP contribution in [0.1, 0.15) is 32.6 Å². The average molecular weight is 336 g/mol. The van der Waals surface area contributed by atoms with Gasteiger partial charge in [-0.15, -0.1) is 0 Å². The Morgan fingerprint density at radius 3 is 2.42 bits per heavy atom. The molecule has 0 saturated carbocycles. The van der Waals surface area contributed by atoms with Gasteiger partial charge in [0.2, 0.25) is 0 Å². The van der Waals surface area contributed by atoms with E-state index < -0.39 is 12.1 Å². The van der Waals surface area contributed by atoms with Gasteiger partial charge >= 0.3 is 5.97 Å². The third-order valence-electron chi connectivity index (χ3n) is 3.26. The number of hydrogen-bond acceptors (Lipinski definition) is 5. The van der Waals surface area contributed by atoms with Crippen molar-refractivity contribution in [2.75, 3.05) is 26.4 Å². The predicted octanol–water partition coefficient (Wildman–Crippen LogP) is 3.12. The van der Waals surface area contributed by atoms with Gasteiger partial charge in [0.05, 0.1) is 13.2 Å². The van der Waals surface area contributed by atoms with E-state index in [0.717, 1.165) is 38.0 Å². The normalized spacial score (nSPS) is 11.8. The Hall–Kier alpha value is -1.85. The van der Waals surface area contributed by atoms with Crippen molar-refractivity contribution < 1.29 is 24.1 Å².